The van der Waals surface area contributed by atoms with Gasteiger partial charge in [0.15, 0.2) is 0 Å². The van der Waals surface area contributed by atoms with Crippen molar-refractivity contribution in [2.24, 2.45) is 0 Å². The number of nitrogens with zero attached hydrogens (tertiary/aromatic N) is 1. The second-order valence-electron chi connectivity index (χ2n) is 4.88. The van der Waals surface area contributed by atoms with E-state index in [0.29, 0.717) is 18.3 Å². The van der Waals surface area contributed by atoms with Crippen LogP contribution in [-0.2, 0) is 6.18 Å². The number of benzene rings is 1. The van der Waals surface area contributed by atoms with Gasteiger partial charge in [0, 0.05) is 18.3 Å². The average Bonchev–Trinajstić information content (AvgIpc) is 3.21. The van der Waals surface area contributed by atoms with Crippen LogP contribution in [0.4, 0.5) is 18.9 Å². The van der Waals surface area contributed by atoms with Gasteiger partial charge in [-0.05, 0) is 44.0 Å². The number of nitriles is 1. The van der Waals surface area contributed by atoms with Gasteiger partial charge >= 0.3 is 6.18 Å². The molecular weight excluding hydrogens is 267 g/mol. The van der Waals surface area contributed by atoms with E-state index in [-0.39, 0.29) is 5.56 Å². The van der Waals surface area contributed by atoms with Crippen LogP contribution in [0, 0.1) is 11.3 Å². The molecule has 108 valence electrons. The maximum atomic E-state index is 12.6. The second kappa shape index (κ2) is 6.14. The van der Waals surface area contributed by atoms with Crippen LogP contribution in [0.3, 0.4) is 0 Å². The van der Waals surface area contributed by atoms with Gasteiger partial charge in [0.1, 0.15) is 0 Å². The summed E-state index contributed by atoms with van der Waals surface area (Å²) < 4.78 is 37.9. The van der Waals surface area contributed by atoms with Gasteiger partial charge in [0.25, 0.3) is 0 Å². The Morgan fingerprint density at radius 2 is 2.00 bits per heavy atom. The third-order valence-corrected chi connectivity index (χ3v) is 3.14. The minimum absolute atomic E-state index is 0.349. The van der Waals surface area contributed by atoms with Crippen molar-refractivity contribution in [2.45, 2.75) is 31.5 Å². The summed E-state index contributed by atoms with van der Waals surface area (Å²) in [6.07, 6.45) is -1.13. The van der Waals surface area contributed by atoms with Crippen molar-refractivity contribution in [2.75, 3.05) is 18.4 Å². The standard InChI is InChI=1S/C14H16F3N3/c15-14(16,17)13-5-4-12(8-10(13)9-18)20-7-1-6-19-11-2-3-11/h4-5,8,11,19-20H,1-3,6-7H2. The van der Waals surface area contributed by atoms with Crippen LogP contribution in [0.5, 0.6) is 0 Å². The molecule has 0 radical (unpaired) electrons. The first-order chi connectivity index (χ1) is 9.50. The highest BCUT2D eigenvalue weighted by atomic mass is 19.4. The number of anilines is 1. The van der Waals surface area contributed by atoms with Crippen LogP contribution in [-0.4, -0.2) is 19.1 Å². The van der Waals surface area contributed by atoms with Gasteiger partial charge in [0.2, 0.25) is 0 Å². The molecule has 3 nitrogen and oxygen atoms in total. The number of rotatable bonds is 6. The van der Waals surface area contributed by atoms with Crippen molar-refractivity contribution < 1.29 is 13.2 Å². The summed E-state index contributed by atoms with van der Waals surface area (Å²) in [5.74, 6) is 0. The highest BCUT2D eigenvalue weighted by Gasteiger charge is 2.33. The monoisotopic (exact) mass is 283 g/mol. The fraction of sp³-hybridized carbons (Fsp3) is 0.500. The first-order valence-electron chi connectivity index (χ1n) is 6.59. The van der Waals surface area contributed by atoms with E-state index in [1.54, 1.807) is 6.07 Å². The molecule has 2 N–H and O–H groups in total. The number of hydrogen-bond donors (Lipinski definition) is 2. The van der Waals surface area contributed by atoms with Gasteiger partial charge in [-0.3, -0.25) is 0 Å². The molecular formula is C14H16F3N3. The summed E-state index contributed by atoms with van der Waals surface area (Å²) in [4.78, 5) is 0. The molecule has 20 heavy (non-hydrogen) atoms. The molecule has 0 unspecified atom stereocenters. The molecule has 1 saturated carbocycles. The predicted octanol–water partition coefficient (Wildman–Crippen LogP) is 3.13. The Morgan fingerprint density at radius 3 is 2.60 bits per heavy atom. The zero-order valence-electron chi connectivity index (χ0n) is 10.9. The van der Waals surface area contributed by atoms with E-state index >= 15 is 0 Å². The van der Waals surface area contributed by atoms with Crippen molar-refractivity contribution in [3.05, 3.63) is 29.3 Å². The molecule has 0 aromatic heterocycles. The molecule has 6 heteroatoms. The average molecular weight is 283 g/mol. The van der Waals surface area contributed by atoms with Crippen LogP contribution in [0.25, 0.3) is 0 Å². The molecule has 1 aromatic carbocycles. The van der Waals surface area contributed by atoms with Crippen molar-refractivity contribution in [1.29, 1.82) is 5.26 Å². The Labute approximate surface area is 115 Å². The Kier molecular flexibility index (Phi) is 4.50. The minimum Gasteiger partial charge on any atom is -0.385 e. The Balaban J connectivity index is 1.87. The van der Waals surface area contributed by atoms with E-state index in [1.165, 1.54) is 25.0 Å². The summed E-state index contributed by atoms with van der Waals surface area (Å²) in [5.41, 5.74) is -0.694. The molecule has 2 rings (SSSR count). The number of nitrogens with one attached hydrogen (secondary N) is 2. The van der Waals surface area contributed by atoms with E-state index in [0.717, 1.165) is 19.0 Å². The molecule has 1 fully saturated rings. The molecule has 0 atom stereocenters. The van der Waals surface area contributed by atoms with E-state index in [1.807, 2.05) is 0 Å². The predicted molar refractivity (Wildman–Crippen MR) is 70.3 cm³/mol. The van der Waals surface area contributed by atoms with E-state index in [4.69, 9.17) is 5.26 Å². The van der Waals surface area contributed by atoms with Crippen molar-refractivity contribution in [3.63, 3.8) is 0 Å². The third-order valence-electron chi connectivity index (χ3n) is 3.14. The lowest BCUT2D eigenvalue weighted by atomic mass is 10.1. The summed E-state index contributed by atoms with van der Waals surface area (Å²) >= 11 is 0. The lowest BCUT2D eigenvalue weighted by Crippen LogP contribution is -2.20. The maximum absolute atomic E-state index is 12.6. The lowest BCUT2D eigenvalue weighted by Gasteiger charge is -2.11. The van der Waals surface area contributed by atoms with E-state index < -0.39 is 11.7 Å². The van der Waals surface area contributed by atoms with Crippen molar-refractivity contribution in [1.82, 2.24) is 5.32 Å². The highest BCUT2D eigenvalue weighted by molar-refractivity contribution is 5.53. The molecule has 1 aliphatic rings. The first-order valence-corrected chi connectivity index (χ1v) is 6.59. The topological polar surface area (TPSA) is 47.9 Å². The van der Waals surface area contributed by atoms with E-state index in [2.05, 4.69) is 10.6 Å². The van der Waals surface area contributed by atoms with Crippen LogP contribution in [0.1, 0.15) is 30.4 Å². The second-order valence-corrected chi connectivity index (χ2v) is 4.88. The quantitative estimate of drug-likeness (QED) is 0.789. The smallest absolute Gasteiger partial charge is 0.385 e. The molecule has 0 saturated heterocycles. The molecule has 0 amide bonds. The number of halogens is 3. The highest BCUT2D eigenvalue weighted by Crippen LogP contribution is 2.32. The van der Waals surface area contributed by atoms with Crippen molar-refractivity contribution >= 4 is 5.69 Å². The maximum Gasteiger partial charge on any atom is 0.417 e. The normalized spacial score (nSPS) is 14.9. The zero-order chi connectivity index (χ0) is 14.6. The summed E-state index contributed by atoms with van der Waals surface area (Å²) in [5, 5.41) is 15.2. The Morgan fingerprint density at radius 1 is 1.25 bits per heavy atom. The molecule has 0 heterocycles. The lowest BCUT2D eigenvalue weighted by molar-refractivity contribution is -0.137. The van der Waals surface area contributed by atoms with Gasteiger partial charge in [0.05, 0.1) is 17.2 Å². The zero-order valence-corrected chi connectivity index (χ0v) is 10.9. The largest absolute Gasteiger partial charge is 0.417 e. The van der Waals surface area contributed by atoms with Crippen LogP contribution in [0.2, 0.25) is 0 Å². The van der Waals surface area contributed by atoms with Crippen LogP contribution in [0.15, 0.2) is 18.2 Å². The van der Waals surface area contributed by atoms with E-state index in [9.17, 15) is 13.2 Å². The van der Waals surface area contributed by atoms with Crippen molar-refractivity contribution in [3.8, 4) is 6.07 Å². The molecule has 1 aromatic rings. The van der Waals surface area contributed by atoms with Crippen LogP contribution < -0.4 is 10.6 Å². The number of hydrogen-bond acceptors (Lipinski definition) is 3. The van der Waals surface area contributed by atoms with Gasteiger partial charge in [-0.25, -0.2) is 0 Å². The van der Waals surface area contributed by atoms with Gasteiger partial charge in [-0.2, -0.15) is 18.4 Å². The Hall–Kier alpha value is -1.74. The third kappa shape index (κ3) is 4.14. The first kappa shape index (κ1) is 14.7. The molecule has 0 spiro atoms. The molecule has 1 aliphatic carbocycles. The minimum atomic E-state index is -4.49. The fourth-order valence-electron chi connectivity index (χ4n) is 1.91. The SMILES string of the molecule is N#Cc1cc(NCCCNC2CC2)ccc1C(F)(F)F. The van der Waals surface area contributed by atoms with Crippen LogP contribution >= 0.6 is 0 Å². The molecule has 0 aliphatic heterocycles. The summed E-state index contributed by atoms with van der Waals surface area (Å²) in [7, 11) is 0. The fourth-order valence-corrected chi connectivity index (χ4v) is 1.91. The van der Waals surface area contributed by atoms with Gasteiger partial charge < -0.3 is 10.6 Å². The van der Waals surface area contributed by atoms with Gasteiger partial charge in [-0.1, -0.05) is 0 Å². The van der Waals surface area contributed by atoms with Gasteiger partial charge in [-0.15, -0.1) is 0 Å². The summed E-state index contributed by atoms with van der Waals surface area (Å²) in [6, 6.07) is 5.81. The Bertz CT molecular complexity index is 501. The molecule has 0 bridgehead atoms. The number of alkyl halides is 3. The summed E-state index contributed by atoms with van der Waals surface area (Å²) in [6.45, 7) is 1.55.